The minimum Gasteiger partial charge on any atom is -0.351 e. The van der Waals surface area contributed by atoms with Gasteiger partial charge in [-0.05, 0) is 18.6 Å². The van der Waals surface area contributed by atoms with E-state index in [0.29, 0.717) is 10.8 Å². The summed E-state index contributed by atoms with van der Waals surface area (Å²) in [5.74, 6) is 0.818. The Morgan fingerprint density at radius 3 is 2.55 bits per heavy atom. The molecule has 0 aliphatic rings. The SMILES string of the molecule is CCCCN(C)C(=NC)NCc1ccc(S(=O)(=O)N(C)C)s1. The van der Waals surface area contributed by atoms with E-state index in [9.17, 15) is 8.42 Å². The normalized spacial score (nSPS) is 12.7. The molecule has 0 aliphatic heterocycles. The van der Waals surface area contributed by atoms with Crippen molar-refractivity contribution in [3.63, 3.8) is 0 Å². The number of hydrogen-bond donors (Lipinski definition) is 1. The summed E-state index contributed by atoms with van der Waals surface area (Å²) in [5, 5.41) is 3.27. The van der Waals surface area contributed by atoms with Gasteiger partial charge in [-0.15, -0.1) is 11.3 Å². The Morgan fingerprint density at radius 2 is 2.00 bits per heavy atom. The van der Waals surface area contributed by atoms with Crippen LogP contribution in [0.2, 0.25) is 0 Å². The van der Waals surface area contributed by atoms with E-state index in [0.717, 1.165) is 30.2 Å². The Labute approximate surface area is 137 Å². The lowest BCUT2D eigenvalue weighted by Gasteiger charge is -2.21. The summed E-state index contributed by atoms with van der Waals surface area (Å²) in [6.45, 7) is 3.67. The van der Waals surface area contributed by atoms with E-state index in [2.05, 4.69) is 22.1 Å². The molecule has 1 aromatic rings. The van der Waals surface area contributed by atoms with E-state index >= 15 is 0 Å². The quantitative estimate of drug-likeness (QED) is 0.604. The van der Waals surface area contributed by atoms with Gasteiger partial charge in [0.25, 0.3) is 10.0 Å². The first kappa shape index (κ1) is 18.9. The zero-order chi connectivity index (χ0) is 16.8. The largest absolute Gasteiger partial charge is 0.351 e. The second kappa shape index (κ2) is 8.50. The first-order chi connectivity index (χ1) is 10.3. The van der Waals surface area contributed by atoms with Crippen molar-refractivity contribution in [3.8, 4) is 0 Å². The molecule has 8 heteroatoms. The van der Waals surface area contributed by atoms with Gasteiger partial charge in [-0.3, -0.25) is 4.99 Å². The molecule has 1 aromatic heterocycles. The molecule has 1 N–H and O–H groups in total. The number of aliphatic imine (C=N–C) groups is 1. The average Bonchev–Trinajstić information content (AvgIpc) is 2.95. The van der Waals surface area contributed by atoms with Gasteiger partial charge in [0.05, 0.1) is 6.54 Å². The molecule has 0 saturated heterocycles. The minimum atomic E-state index is -3.35. The Kier molecular flexibility index (Phi) is 7.31. The van der Waals surface area contributed by atoms with Gasteiger partial charge in [-0.2, -0.15) is 0 Å². The summed E-state index contributed by atoms with van der Waals surface area (Å²) < 4.78 is 25.7. The number of nitrogens with one attached hydrogen (secondary N) is 1. The van der Waals surface area contributed by atoms with Crippen molar-refractivity contribution >= 4 is 27.3 Å². The van der Waals surface area contributed by atoms with Crippen LogP contribution in [0.25, 0.3) is 0 Å². The summed E-state index contributed by atoms with van der Waals surface area (Å²) in [7, 11) is 3.49. The lowest BCUT2D eigenvalue weighted by Crippen LogP contribution is -2.38. The van der Waals surface area contributed by atoms with Crippen LogP contribution in [-0.2, 0) is 16.6 Å². The van der Waals surface area contributed by atoms with E-state index in [1.54, 1.807) is 13.1 Å². The second-order valence-electron chi connectivity index (χ2n) is 5.18. The summed E-state index contributed by atoms with van der Waals surface area (Å²) in [5.41, 5.74) is 0. The third-order valence-corrected chi connectivity index (χ3v) is 6.58. The van der Waals surface area contributed by atoms with Crippen molar-refractivity contribution in [1.82, 2.24) is 14.5 Å². The van der Waals surface area contributed by atoms with Crippen molar-refractivity contribution in [2.45, 2.75) is 30.5 Å². The fourth-order valence-electron chi connectivity index (χ4n) is 1.82. The molecule has 0 unspecified atom stereocenters. The molecule has 0 fully saturated rings. The molecule has 126 valence electrons. The molecule has 1 heterocycles. The van der Waals surface area contributed by atoms with E-state index in [-0.39, 0.29) is 0 Å². The molecule has 0 aliphatic carbocycles. The van der Waals surface area contributed by atoms with Crippen LogP contribution in [0.3, 0.4) is 0 Å². The molecule has 0 aromatic carbocycles. The molecular formula is C14H26N4O2S2. The van der Waals surface area contributed by atoms with E-state index in [1.165, 1.54) is 29.7 Å². The third kappa shape index (κ3) is 4.96. The smallest absolute Gasteiger partial charge is 0.252 e. The standard InChI is InChI=1S/C14H26N4O2S2/c1-6-7-10-18(5)14(15-2)16-11-12-8-9-13(21-12)22(19,20)17(3)4/h8-9H,6-7,10-11H2,1-5H3,(H,15,16). The van der Waals surface area contributed by atoms with E-state index in [1.807, 2.05) is 13.1 Å². The van der Waals surface area contributed by atoms with Crippen LogP contribution in [0.1, 0.15) is 24.6 Å². The van der Waals surface area contributed by atoms with E-state index in [4.69, 9.17) is 0 Å². The maximum absolute atomic E-state index is 12.1. The molecule has 22 heavy (non-hydrogen) atoms. The van der Waals surface area contributed by atoms with Gasteiger partial charge in [0.1, 0.15) is 4.21 Å². The molecule has 0 saturated carbocycles. The Hall–Kier alpha value is -1.12. The summed E-state index contributed by atoms with van der Waals surface area (Å²) in [6.07, 6.45) is 2.25. The van der Waals surface area contributed by atoms with Gasteiger partial charge in [0.15, 0.2) is 5.96 Å². The Morgan fingerprint density at radius 1 is 1.32 bits per heavy atom. The maximum atomic E-state index is 12.1. The van der Waals surface area contributed by atoms with Crippen LogP contribution < -0.4 is 5.32 Å². The van der Waals surface area contributed by atoms with Crippen LogP contribution in [0, 0.1) is 0 Å². The summed E-state index contributed by atoms with van der Waals surface area (Å²) >= 11 is 1.28. The lowest BCUT2D eigenvalue weighted by atomic mass is 10.3. The number of thiophene rings is 1. The van der Waals surface area contributed by atoms with Gasteiger partial charge in [-0.25, -0.2) is 12.7 Å². The third-order valence-electron chi connectivity index (χ3n) is 3.21. The van der Waals surface area contributed by atoms with Gasteiger partial charge < -0.3 is 10.2 Å². The predicted molar refractivity (Wildman–Crippen MR) is 92.9 cm³/mol. The molecule has 0 radical (unpaired) electrons. The highest BCUT2D eigenvalue weighted by Gasteiger charge is 2.19. The number of nitrogens with zero attached hydrogens (tertiary/aromatic N) is 3. The van der Waals surface area contributed by atoms with Crippen molar-refractivity contribution in [2.24, 2.45) is 4.99 Å². The van der Waals surface area contributed by atoms with E-state index < -0.39 is 10.0 Å². The maximum Gasteiger partial charge on any atom is 0.252 e. The number of sulfonamides is 1. The zero-order valence-corrected chi connectivity index (χ0v) is 15.6. The van der Waals surface area contributed by atoms with Gasteiger partial charge in [-0.1, -0.05) is 13.3 Å². The molecule has 6 nitrogen and oxygen atoms in total. The Bertz CT molecular complexity index is 594. The number of hydrogen-bond acceptors (Lipinski definition) is 4. The van der Waals surface area contributed by atoms with Crippen LogP contribution in [0.5, 0.6) is 0 Å². The molecule has 0 amide bonds. The summed E-state index contributed by atoms with van der Waals surface area (Å²) in [4.78, 5) is 7.29. The topological polar surface area (TPSA) is 65.0 Å². The lowest BCUT2D eigenvalue weighted by molar-refractivity contribution is 0.465. The number of unbranched alkanes of at least 4 members (excludes halogenated alkanes) is 1. The van der Waals surface area contributed by atoms with Crippen LogP contribution in [0.4, 0.5) is 0 Å². The average molecular weight is 347 g/mol. The van der Waals surface area contributed by atoms with Crippen LogP contribution >= 0.6 is 11.3 Å². The van der Waals surface area contributed by atoms with Crippen LogP contribution in [-0.4, -0.2) is 58.3 Å². The van der Waals surface area contributed by atoms with Gasteiger partial charge in [0, 0.05) is 39.6 Å². The minimum absolute atomic E-state index is 0.364. The fourth-order valence-corrected chi connectivity index (χ4v) is 4.29. The first-order valence-electron chi connectivity index (χ1n) is 7.26. The molecule has 0 bridgehead atoms. The number of guanidine groups is 1. The van der Waals surface area contributed by atoms with Crippen molar-refractivity contribution in [3.05, 3.63) is 17.0 Å². The highest BCUT2D eigenvalue weighted by molar-refractivity contribution is 7.91. The monoisotopic (exact) mass is 346 g/mol. The zero-order valence-electron chi connectivity index (χ0n) is 14.0. The summed E-state index contributed by atoms with van der Waals surface area (Å²) in [6, 6.07) is 3.49. The van der Waals surface area contributed by atoms with Crippen molar-refractivity contribution < 1.29 is 8.42 Å². The fraction of sp³-hybridized carbons (Fsp3) is 0.643. The van der Waals surface area contributed by atoms with Crippen LogP contribution in [0.15, 0.2) is 21.3 Å². The molecular weight excluding hydrogens is 320 g/mol. The molecule has 1 rings (SSSR count). The highest BCUT2D eigenvalue weighted by Crippen LogP contribution is 2.23. The van der Waals surface area contributed by atoms with Crippen molar-refractivity contribution in [2.75, 3.05) is 34.7 Å². The first-order valence-corrected chi connectivity index (χ1v) is 9.51. The molecule has 0 spiro atoms. The second-order valence-corrected chi connectivity index (χ2v) is 8.73. The molecule has 0 atom stereocenters. The number of rotatable bonds is 7. The van der Waals surface area contributed by atoms with Gasteiger partial charge in [0.2, 0.25) is 0 Å². The predicted octanol–water partition coefficient (Wildman–Crippen LogP) is 1.81. The van der Waals surface area contributed by atoms with Crippen molar-refractivity contribution in [1.29, 1.82) is 0 Å². The highest BCUT2D eigenvalue weighted by atomic mass is 32.2. The van der Waals surface area contributed by atoms with Gasteiger partial charge >= 0.3 is 0 Å². The Balaban J connectivity index is 2.67.